The van der Waals surface area contributed by atoms with Crippen molar-refractivity contribution in [3.63, 3.8) is 0 Å². The zero-order chi connectivity index (χ0) is 60.9. The maximum atomic E-state index is 9.00. The zero-order valence-corrected chi connectivity index (χ0v) is 56.6. The summed E-state index contributed by atoms with van der Waals surface area (Å²) in [5.74, 6) is 12.6. The van der Waals surface area contributed by atoms with E-state index in [9.17, 15) is 0 Å². The molecule has 82 heavy (non-hydrogen) atoms. The van der Waals surface area contributed by atoms with Crippen LogP contribution in [0.1, 0.15) is 326 Å². The van der Waals surface area contributed by atoms with Gasteiger partial charge in [-0.3, -0.25) is 0 Å². The van der Waals surface area contributed by atoms with E-state index in [1.54, 1.807) is 77.0 Å². The lowest BCUT2D eigenvalue weighted by molar-refractivity contribution is -0.113. The molecule has 0 radical (unpaired) electrons. The summed E-state index contributed by atoms with van der Waals surface area (Å²) < 4.78 is 26.4. The van der Waals surface area contributed by atoms with Crippen LogP contribution in [0.3, 0.4) is 0 Å². The highest BCUT2D eigenvalue weighted by molar-refractivity contribution is 5.38. The van der Waals surface area contributed by atoms with Crippen molar-refractivity contribution in [2.75, 3.05) is 0 Å². The molecule has 468 valence electrons. The van der Waals surface area contributed by atoms with Crippen LogP contribution in [0.4, 0.5) is 0 Å². The first-order valence-electron chi connectivity index (χ1n) is 36.2. The molecule has 2 aromatic carbocycles. The van der Waals surface area contributed by atoms with Crippen molar-refractivity contribution in [3.05, 3.63) is 70.8 Å². The maximum absolute atomic E-state index is 9.00. The predicted octanol–water partition coefficient (Wildman–Crippen LogP) is 25.5. The number of hydrogen-bond donors (Lipinski definition) is 0. The van der Waals surface area contributed by atoms with E-state index in [2.05, 4.69) is 187 Å². The van der Waals surface area contributed by atoms with Gasteiger partial charge in [-0.2, -0.15) is 0 Å². The van der Waals surface area contributed by atoms with E-state index in [0.29, 0.717) is 28.1 Å². The smallest absolute Gasteiger partial charge is 0.0314 e. The van der Waals surface area contributed by atoms with Crippen molar-refractivity contribution in [3.8, 4) is 0 Å². The SMILES string of the molecule is C.C.CC(C)(C)C12CC3CC(CC(C3)C1)C2.CC(C)(C)CC12CC3CC(CC(C3)C1)C2.CC(C)(C)c1ccccc1.Cc1cccc(C)c1C(C)(C)C.[2H]C([2H])(C(C)(C)C)C12CC3CC(CC(C3)C1)C2.[2H]C1(C(C)(C)C)C2CC3CC(C2)CC1C3. The largest absolute Gasteiger partial charge is 0.0776 e. The Kier molecular flexibility index (Phi) is 19.5. The second-order valence-electron chi connectivity index (χ2n) is 38.3. The first kappa shape index (κ1) is 63.5. The van der Waals surface area contributed by atoms with Gasteiger partial charge in [-0.05, 0) is 328 Å². The molecule has 16 aliphatic carbocycles. The summed E-state index contributed by atoms with van der Waals surface area (Å²) in [4.78, 5) is 0. The van der Waals surface area contributed by atoms with Crippen LogP contribution in [0, 0.1) is 135 Å². The van der Waals surface area contributed by atoms with Gasteiger partial charge in [-0.25, -0.2) is 0 Å². The summed E-state index contributed by atoms with van der Waals surface area (Å²) >= 11 is 0. The molecule has 16 saturated carbocycles. The standard InChI is InChI=1S/2C15H26.2C14H24.C12H18.C10H14.2CH4/c2*1-14(2,3)10-15-7-11-4-12(8-15)6-13(5-11)9-15;1-13(2,3)14-7-10-4-11(8-14)6-12(5-10)9-14;1-14(2,3)13-11-5-9-4-10(7-11)8-12(13)6-9;1-9-7-6-8-10(2)11(9)12(3,4)5;1-10(2,3)9-7-5-4-6-8-9;;/h2*11-13H,4-10H2,1-3H3;10-12H,4-9H2,1-3H3;9-13H,4-8H2,1-3H3;6-8H,1-5H3;4-8H,1-3H3;2*1H4/i10D2;;;13D;;;;. The Morgan fingerprint density at radius 3 is 0.988 bits per heavy atom. The lowest BCUT2D eigenvalue weighted by Crippen LogP contribution is -2.51. The quantitative estimate of drug-likeness (QED) is 0.281. The molecule has 0 nitrogen and oxygen atoms in total. The van der Waals surface area contributed by atoms with Gasteiger partial charge in [0, 0.05) is 4.11 Å². The van der Waals surface area contributed by atoms with Crippen molar-refractivity contribution in [2.45, 2.75) is 325 Å². The van der Waals surface area contributed by atoms with Gasteiger partial charge in [0.1, 0.15) is 0 Å². The maximum Gasteiger partial charge on any atom is 0.0314 e. The number of aryl methyl sites for hydroxylation is 2. The van der Waals surface area contributed by atoms with Gasteiger partial charge in [-0.15, -0.1) is 0 Å². The minimum atomic E-state index is -1.00. The number of rotatable bonds is 2. The normalized spacial score (nSPS) is 40.0. The monoisotopic (exact) mass is 1130 g/mol. The molecule has 0 aliphatic heterocycles. The van der Waals surface area contributed by atoms with Crippen LogP contribution in [-0.2, 0) is 10.8 Å². The average molecular weight is 1130 g/mol. The second kappa shape index (κ2) is 25.1. The van der Waals surface area contributed by atoms with Gasteiger partial charge < -0.3 is 0 Å². The Hall–Kier alpha value is -1.56. The molecule has 0 N–H and O–H groups in total. The molecule has 0 heteroatoms. The van der Waals surface area contributed by atoms with Crippen molar-refractivity contribution < 1.29 is 4.11 Å². The summed E-state index contributed by atoms with van der Waals surface area (Å²) in [5, 5.41) is 0. The Morgan fingerprint density at radius 1 is 0.390 bits per heavy atom. The molecule has 0 aromatic heterocycles. The molecule has 0 spiro atoms. The third-order valence-corrected chi connectivity index (χ3v) is 24.1. The molecule has 16 bridgehead atoms. The van der Waals surface area contributed by atoms with Crippen molar-refractivity contribution in [1.82, 2.24) is 0 Å². The van der Waals surface area contributed by atoms with E-state index in [-0.39, 0.29) is 42.4 Å². The second-order valence-corrected chi connectivity index (χ2v) is 38.3. The van der Waals surface area contributed by atoms with Crippen LogP contribution in [0.25, 0.3) is 0 Å². The molecule has 0 amide bonds. The Balaban J connectivity index is 0.000000147. The van der Waals surface area contributed by atoms with E-state index in [0.717, 1.165) is 75.9 Å². The molecular formula is C82H140. The summed E-state index contributed by atoms with van der Waals surface area (Å²) in [6, 6.07) is 17.1. The molecule has 16 aliphatic rings. The molecule has 0 saturated heterocycles. The van der Waals surface area contributed by atoms with E-state index in [1.807, 2.05) is 0 Å². The van der Waals surface area contributed by atoms with Crippen LogP contribution >= 0.6 is 0 Å². The summed E-state index contributed by atoms with van der Waals surface area (Å²) in [7, 11) is 0. The van der Waals surface area contributed by atoms with Crippen molar-refractivity contribution in [1.29, 1.82) is 0 Å². The van der Waals surface area contributed by atoms with Crippen LogP contribution in [0.2, 0.25) is 0 Å². The van der Waals surface area contributed by atoms with E-state index < -0.39 is 6.37 Å². The Bertz CT molecular complexity index is 2300. The van der Waals surface area contributed by atoms with Gasteiger partial charge in [0.05, 0.1) is 0 Å². The highest BCUT2D eigenvalue weighted by Gasteiger charge is 2.57. The highest BCUT2D eigenvalue weighted by Crippen LogP contribution is 2.67. The van der Waals surface area contributed by atoms with E-state index in [1.165, 1.54) is 99.3 Å². The average Bonchev–Trinajstić information content (AvgIpc) is 0.837. The predicted molar refractivity (Wildman–Crippen MR) is 363 cm³/mol. The fourth-order valence-electron chi connectivity index (χ4n) is 23.6. The Morgan fingerprint density at radius 2 is 0.720 bits per heavy atom. The minimum Gasteiger partial charge on any atom is -0.0776 e. The molecule has 0 unspecified atom stereocenters. The van der Waals surface area contributed by atoms with Gasteiger partial charge in [-0.1, -0.05) is 188 Å². The van der Waals surface area contributed by atoms with Crippen molar-refractivity contribution >= 4 is 0 Å². The first-order chi connectivity index (χ1) is 38.1. The van der Waals surface area contributed by atoms with Crippen molar-refractivity contribution in [2.24, 2.45) is 121 Å². The number of hydrogen-bond acceptors (Lipinski definition) is 0. The van der Waals surface area contributed by atoms with Crippen LogP contribution in [0.5, 0.6) is 0 Å². The molecule has 0 heterocycles. The van der Waals surface area contributed by atoms with Gasteiger partial charge in [0.15, 0.2) is 0 Å². The topological polar surface area (TPSA) is 0 Å². The Labute approximate surface area is 517 Å². The summed E-state index contributed by atoms with van der Waals surface area (Å²) in [6.07, 6.45) is 34.1. The third-order valence-electron chi connectivity index (χ3n) is 24.1. The van der Waals surface area contributed by atoms with Gasteiger partial charge in [0.2, 0.25) is 0 Å². The fraction of sp³-hybridized carbons (Fsp3) is 0.854. The summed E-state index contributed by atoms with van der Waals surface area (Å²) in [6.45, 7) is 45.8. The number of benzene rings is 2. The lowest BCUT2D eigenvalue weighted by atomic mass is 9.43. The van der Waals surface area contributed by atoms with E-state index >= 15 is 0 Å². The van der Waals surface area contributed by atoms with E-state index in [4.69, 9.17) is 4.11 Å². The fourth-order valence-corrected chi connectivity index (χ4v) is 23.6. The molecule has 2 aromatic rings. The third kappa shape index (κ3) is 16.6. The van der Waals surface area contributed by atoms with Gasteiger partial charge in [0.25, 0.3) is 0 Å². The molecule has 18 rings (SSSR count). The zero-order valence-electron chi connectivity index (χ0n) is 59.6. The molecular weight excluding hydrogens is 985 g/mol. The van der Waals surface area contributed by atoms with Crippen LogP contribution in [0.15, 0.2) is 48.5 Å². The lowest BCUT2D eigenvalue weighted by Gasteiger charge is -2.62. The highest BCUT2D eigenvalue weighted by atomic mass is 14.6. The van der Waals surface area contributed by atoms with Crippen LogP contribution < -0.4 is 0 Å². The van der Waals surface area contributed by atoms with Crippen LogP contribution in [-0.4, -0.2) is 0 Å². The summed E-state index contributed by atoms with van der Waals surface area (Å²) in [5.41, 5.74) is 8.86. The molecule has 16 fully saturated rings. The van der Waals surface area contributed by atoms with Gasteiger partial charge >= 0.3 is 0 Å². The minimum absolute atomic E-state index is 0. The molecule has 0 atom stereocenters. The first-order valence-corrected chi connectivity index (χ1v) is 34.7.